The molecule has 2 saturated carbocycles. The lowest BCUT2D eigenvalue weighted by Crippen LogP contribution is -2.55. The lowest BCUT2D eigenvalue weighted by atomic mass is 10.1. The molecule has 1 N–H and O–H groups in total. The van der Waals surface area contributed by atoms with Gasteiger partial charge < -0.3 is 9.84 Å². The Morgan fingerprint density at radius 1 is 1.00 bits per heavy atom. The van der Waals surface area contributed by atoms with Crippen LogP contribution >= 0.6 is 0 Å². The summed E-state index contributed by atoms with van der Waals surface area (Å²) in [5, 5.41) is 9.98. The molecule has 2 aliphatic carbocycles. The van der Waals surface area contributed by atoms with Gasteiger partial charge in [-0.25, -0.2) is 0 Å². The molecule has 3 aliphatic rings. The van der Waals surface area contributed by atoms with E-state index in [1.807, 2.05) is 0 Å². The molecule has 0 amide bonds. The van der Waals surface area contributed by atoms with Crippen molar-refractivity contribution in [2.45, 2.75) is 62.8 Å². The molecule has 1 aliphatic heterocycles. The molecular weight excluding hydrogens is 190 g/mol. The van der Waals surface area contributed by atoms with Crippen molar-refractivity contribution >= 4 is 0 Å². The zero-order valence-electron chi connectivity index (χ0n) is 9.27. The molecule has 0 radical (unpaired) electrons. The molecule has 86 valence electrons. The Morgan fingerprint density at radius 2 is 1.80 bits per heavy atom. The van der Waals surface area contributed by atoms with Crippen molar-refractivity contribution in [1.29, 1.82) is 0 Å². The average molecular weight is 211 g/mol. The van der Waals surface area contributed by atoms with Gasteiger partial charge in [-0.15, -0.1) is 0 Å². The van der Waals surface area contributed by atoms with E-state index in [9.17, 15) is 5.11 Å². The molecule has 4 atom stereocenters. The predicted octanol–water partition coefficient (Wildman–Crippen LogP) is 1.15. The summed E-state index contributed by atoms with van der Waals surface area (Å²) in [4.78, 5) is 2.55. The smallest absolute Gasteiger partial charge is 0.0731 e. The molecule has 1 heterocycles. The van der Waals surface area contributed by atoms with Crippen LogP contribution in [0.3, 0.4) is 0 Å². The topological polar surface area (TPSA) is 32.7 Å². The highest BCUT2D eigenvalue weighted by Gasteiger charge is 2.42. The van der Waals surface area contributed by atoms with Gasteiger partial charge in [0.05, 0.1) is 18.8 Å². The normalized spacial score (nSPS) is 47.0. The van der Waals surface area contributed by atoms with Gasteiger partial charge in [0.1, 0.15) is 0 Å². The molecule has 3 nitrogen and oxygen atoms in total. The molecule has 0 spiro atoms. The molecule has 0 aromatic heterocycles. The van der Waals surface area contributed by atoms with E-state index in [-0.39, 0.29) is 6.10 Å². The van der Waals surface area contributed by atoms with E-state index in [0.29, 0.717) is 18.2 Å². The number of aliphatic hydroxyl groups is 1. The molecule has 0 bridgehead atoms. The van der Waals surface area contributed by atoms with Crippen LogP contribution in [0.4, 0.5) is 0 Å². The van der Waals surface area contributed by atoms with Crippen molar-refractivity contribution in [3.63, 3.8) is 0 Å². The Kier molecular flexibility index (Phi) is 2.71. The zero-order chi connectivity index (χ0) is 10.3. The number of hydrogen-bond acceptors (Lipinski definition) is 3. The van der Waals surface area contributed by atoms with E-state index in [1.165, 1.54) is 32.1 Å². The third-order valence-corrected chi connectivity index (χ3v) is 4.40. The number of fused-ring (bicyclic) bond motifs is 1. The second-order valence-corrected chi connectivity index (χ2v) is 5.21. The molecule has 0 aromatic rings. The van der Waals surface area contributed by atoms with Crippen molar-refractivity contribution in [2.75, 3.05) is 13.2 Å². The third kappa shape index (κ3) is 1.71. The molecule has 2 unspecified atom stereocenters. The van der Waals surface area contributed by atoms with Crippen LogP contribution in [0.25, 0.3) is 0 Å². The van der Waals surface area contributed by atoms with E-state index in [2.05, 4.69) is 4.90 Å². The Bertz CT molecular complexity index is 230. The minimum absolute atomic E-state index is 0.0793. The van der Waals surface area contributed by atoms with Crippen molar-refractivity contribution < 1.29 is 9.84 Å². The first-order valence-electron chi connectivity index (χ1n) is 6.41. The fraction of sp³-hybridized carbons (Fsp3) is 1.00. The fourth-order valence-electron chi connectivity index (χ4n) is 3.68. The summed E-state index contributed by atoms with van der Waals surface area (Å²) in [5.74, 6) is 0. The summed E-state index contributed by atoms with van der Waals surface area (Å²) in [6, 6.07) is 1.04. The molecule has 3 fully saturated rings. The first-order valence-corrected chi connectivity index (χ1v) is 6.41. The van der Waals surface area contributed by atoms with Crippen LogP contribution in [0.5, 0.6) is 0 Å². The second-order valence-electron chi connectivity index (χ2n) is 5.21. The molecule has 0 aromatic carbocycles. The first kappa shape index (κ1) is 10.1. The highest BCUT2D eigenvalue weighted by molar-refractivity contribution is 4.96. The maximum atomic E-state index is 9.98. The van der Waals surface area contributed by atoms with Crippen molar-refractivity contribution in [2.24, 2.45) is 0 Å². The van der Waals surface area contributed by atoms with Gasteiger partial charge in [0.25, 0.3) is 0 Å². The van der Waals surface area contributed by atoms with Crippen molar-refractivity contribution in [3.8, 4) is 0 Å². The lowest BCUT2D eigenvalue weighted by Gasteiger charge is -2.42. The van der Waals surface area contributed by atoms with Crippen LogP contribution in [0.2, 0.25) is 0 Å². The summed E-state index contributed by atoms with van der Waals surface area (Å²) in [6.07, 6.45) is 7.56. The standard InChI is InChI=1S/C12H21NO2/c14-11-5-1-3-9(11)13-7-8-15-12-6-2-4-10(12)13/h9-12,14H,1-8H2/t9-,10?,11-,12?/m0/s1. The van der Waals surface area contributed by atoms with Gasteiger partial charge in [-0.2, -0.15) is 0 Å². The Balaban J connectivity index is 1.73. The summed E-state index contributed by atoms with van der Waals surface area (Å²) in [5.41, 5.74) is 0. The van der Waals surface area contributed by atoms with E-state index >= 15 is 0 Å². The highest BCUT2D eigenvalue weighted by atomic mass is 16.5. The third-order valence-electron chi connectivity index (χ3n) is 4.40. The van der Waals surface area contributed by atoms with Crippen molar-refractivity contribution in [1.82, 2.24) is 4.90 Å². The minimum atomic E-state index is -0.0793. The Labute approximate surface area is 91.4 Å². The second kappa shape index (κ2) is 4.04. The largest absolute Gasteiger partial charge is 0.391 e. The van der Waals surface area contributed by atoms with E-state index in [4.69, 9.17) is 4.74 Å². The van der Waals surface area contributed by atoms with Crippen LogP contribution in [0.15, 0.2) is 0 Å². The Morgan fingerprint density at radius 3 is 2.60 bits per heavy atom. The first-order chi connectivity index (χ1) is 7.36. The minimum Gasteiger partial charge on any atom is -0.391 e. The summed E-state index contributed by atoms with van der Waals surface area (Å²) < 4.78 is 5.80. The van der Waals surface area contributed by atoms with Crippen LogP contribution in [0, 0.1) is 0 Å². The number of hydrogen-bond donors (Lipinski definition) is 1. The molecular formula is C12H21NO2. The summed E-state index contributed by atoms with van der Waals surface area (Å²) >= 11 is 0. The van der Waals surface area contributed by atoms with Crippen LogP contribution in [-0.4, -0.2) is 47.4 Å². The number of ether oxygens (including phenoxy) is 1. The lowest BCUT2D eigenvalue weighted by molar-refractivity contribution is -0.0858. The monoisotopic (exact) mass is 211 g/mol. The zero-order valence-corrected chi connectivity index (χ0v) is 9.27. The number of morpholine rings is 1. The maximum absolute atomic E-state index is 9.98. The van der Waals surface area contributed by atoms with E-state index < -0.39 is 0 Å². The SMILES string of the molecule is O[C@H]1CCC[C@@H]1N1CCOC2CCCC21. The molecule has 3 heteroatoms. The Hall–Kier alpha value is -0.120. The molecule has 1 saturated heterocycles. The summed E-state index contributed by atoms with van der Waals surface area (Å²) in [6.45, 7) is 1.90. The fourth-order valence-corrected chi connectivity index (χ4v) is 3.68. The average Bonchev–Trinajstić information content (AvgIpc) is 2.85. The van der Waals surface area contributed by atoms with Crippen LogP contribution < -0.4 is 0 Å². The van der Waals surface area contributed by atoms with Gasteiger partial charge in [0.15, 0.2) is 0 Å². The molecule has 3 rings (SSSR count). The van der Waals surface area contributed by atoms with Crippen LogP contribution in [-0.2, 0) is 4.74 Å². The quantitative estimate of drug-likeness (QED) is 0.706. The van der Waals surface area contributed by atoms with Crippen LogP contribution in [0.1, 0.15) is 38.5 Å². The van der Waals surface area contributed by atoms with Gasteiger partial charge >= 0.3 is 0 Å². The van der Waals surface area contributed by atoms with Gasteiger partial charge in [0.2, 0.25) is 0 Å². The van der Waals surface area contributed by atoms with Gasteiger partial charge in [-0.05, 0) is 38.5 Å². The summed E-state index contributed by atoms with van der Waals surface area (Å²) in [7, 11) is 0. The number of rotatable bonds is 1. The van der Waals surface area contributed by atoms with Gasteiger partial charge in [-0.1, -0.05) is 0 Å². The van der Waals surface area contributed by atoms with Gasteiger partial charge in [0, 0.05) is 18.6 Å². The van der Waals surface area contributed by atoms with Gasteiger partial charge in [-0.3, -0.25) is 4.90 Å². The van der Waals surface area contributed by atoms with E-state index in [0.717, 1.165) is 19.6 Å². The van der Waals surface area contributed by atoms with E-state index in [1.54, 1.807) is 0 Å². The predicted molar refractivity (Wildman–Crippen MR) is 57.7 cm³/mol. The number of aliphatic hydroxyl groups excluding tert-OH is 1. The number of nitrogens with zero attached hydrogens (tertiary/aromatic N) is 1. The maximum Gasteiger partial charge on any atom is 0.0731 e. The highest BCUT2D eigenvalue weighted by Crippen LogP contribution is 2.35. The molecule has 15 heavy (non-hydrogen) atoms. The van der Waals surface area contributed by atoms with Crippen molar-refractivity contribution in [3.05, 3.63) is 0 Å².